The number of benzene rings is 1. The van der Waals surface area contributed by atoms with Gasteiger partial charge in [-0.05, 0) is 57.0 Å². The Balaban J connectivity index is 1.50. The highest BCUT2D eigenvalue weighted by atomic mass is 35.5. The number of carbonyl (C=O) groups is 3. The lowest BCUT2D eigenvalue weighted by Crippen LogP contribution is -2.50. The van der Waals surface area contributed by atoms with Crippen LogP contribution in [0.15, 0.2) is 42.6 Å². The Labute approximate surface area is 225 Å². The summed E-state index contributed by atoms with van der Waals surface area (Å²) in [5.41, 5.74) is 0.972. The van der Waals surface area contributed by atoms with Gasteiger partial charge in [0, 0.05) is 38.0 Å². The normalized spacial score (nSPS) is 15.2. The number of H-pyrrole nitrogens is 1. The monoisotopic (exact) mass is 543 g/mol. The van der Waals surface area contributed by atoms with E-state index >= 15 is 0 Å². The molecule has 0 unspecified atom stereocenters. The van der Waals surface area contributed by atoms with Crippen LogP contribution in [-0.2, 0) is 16.0 Å². The Hall–Kier alpha value is -3.66. The van der Waals surface area contributed by atoms with Crippen LogP contribution in [0.25, 0.3) is 10.9 Å². The first-order valence-electron chi connectivity index (χ1n) is 12.4. The molecule has 0 saturated carbocycles. The fraction of sp³-hybridized carbons (Fsp3) is 0.407. The summed E-state index contributed by atoms with van der Waals surface area (Å²) >= 11 is 5.96. The SMILES string of the molecule is CC(C)(C)OC(=O)N1CCCN(C(=O)[C@H](Cc2ccc(F)cc2)NC(=O)c2cc3cc(Cl)ncc3[nH]2)CC1. The molecular weight excluding hydrogens is 513 g/mol. The van der Waals surface area contributed by atoms with Crippen LogP contribution in [0.4, 0.5) is 9.18 Å². The quantitative estimate of drug-likeness (QED) is 0.470. The van der Waals surface area contributed by atoms with Gasteiger partial charge >= 0.3 is 6.09 Å². The number of halogens is 2. The highest BCUT2D eigenvalue weighted by molar-refractivity contribution is 6.30. The highest BCUT2D eigenvalue weighted by Crippen LogP contribution is 2.19. The molecule has 4 rings (SSSR count). The van der Waals surface area contributed by atoms with Gasteiger partial charge in [0.1, 0.15) is 28.3 Å². The van der Waals surface area contributed by atoms with E-state index in [1.165, 1.54) is 18.3 Å². The molecule has 1 aliphatic heterocycles. The number of fused-ring (bicyclic) bond motifs is 1. The zero-order chi connectivity index (χ0) is 27.4. The van der Waals surface area contributed by atoms with E-state index in [4.69, 9.17) is 16.3 Å². The average Bonchev–Trinajstić information content (AvgIpc) is 3.11. The molecule has 2 N–H and O–H groups in total. The molecule has 1 saturated heterocycles. The molecule has 3 aromatic rings. The maximum Gasteiger partial charge on any atom is 0.410 e. The average molecular weight is 544 g/mol. The minimum atomic E-state index is -0.908. The number of aromatic amines is 1. The standard InChI is InChI=1S/C27H31ClFN5O4/c1-27(2,3)38-26(37)34-10-4-9-33(11-12-34)25(36)21(13-17-5-7-19(29)8-6-17)32-24(35)20-14-18-15-23(28)30-16-22(18)31-20/h5-8,14-16,21,31H,4,9-13H2,1-3H3,(H,32,35)/t21-/m0/s1. The van der Waals surface area contributed by atoms with Gasteiger partial charge in [0.05, 0.1) is 11.7 Å². The van der Waals surface area contributed by atoms with Crippen LogP contribution in [0.1, 0.15) is 43.2 Å². The second-order valence-electron chi connectivity index (χ2n) is 10.3. The van der Waals surface area contributed by atoms with Crippen molar-refractivity contribution >= 4 is 40.4 Å². The summed E-state index contributed by atoms with van der Waals surface area (Å²) in [6.45, 7) is 6.90. The first kappa shape index (κ1) is 27.4. The molecule has 1 fully saturated rings. The maximum absolute atomic E-state index is 13.7. The van der Waals surface area contributed by atoms with Gasteiger partial charge in [0.25, 0.3) is 5.91 Å². The van der Waals surface area contributed by atoms with E-state index in [-0.39, 0.29) is 23.8 Å². The maximum atomic E-state index is 13.7. The molecule has 1 atom stereocenters. The van der Waals surface area contributed by atoms with Crippen molar-refractivity contribution in [3.63, 3.8) is 0 Å². The van der Waals surface area contributed by atoms with Gasteiger partial charge in [-0.15, -0.1) is 0 Å². The van der Waals surface area contributed by atoms with Crippen LogP contribution in [0.2, 0.25) is 5.15 Å². The van der Waals surface area contributed by atoms with Crippen molar-refractivity contribution in [1.82, 2.24) is 25.1 Å². The van der Waals surface area contributed by atoms with Crippen molar-refractivity contribution < 1.29 is 23.5 Å². The summed E-state index contributed by atoms with van der Waals surface area (Å²) < 4.78 is 19.0. The number of nitrogens with zero attached hydrogens (tertiary/aromatic N) is 3. The van der Waals surface area contributed by atoms with E-state index in [1.807, 2.05) is 0 Å². The Morgan fingerprint density at radius 1 is 1.11 bits per heavy atom. The van der Waals surface area contributed by atoms with E-state index in [9.17, 15) is 18.8 Å². The zero-order valence-corrected chi connectivity index (χ0v) is 22.3. The molecule has 0 aliphatic carbocycles. The lowest BCUT2D eigenvalue weighted by Gasteiger charge is -2.28. The molecule has 202 valence electrons. The predicted molar refractivity (Wildman–Crippen MR) is 141 cm³/mol. The fourth-order valence-corrected chi connectivity index (χ4v) is 4.45. The smallest absolute Gasteiger partial charge is 0.410 e. The summed E-state index contributed by atoms with van der Waals surface area (Å²) in [6.07, 6.45) is 1.85. The molecule has 2 aromatic heterocycles. The molecule has 11 heteroatoms. The van der Waals surface area contributed by atoms with Gasteiger partial charge in [-0.3, -0.25) is 9.59 Å². The molecule has 3 amide bonds. The van der Waals surface area contributed by atoms with Gasteiger partial charge in [0.2, 0.25) is 5.91 Å². The van der Waals surface area contributed by atoms with Gasteiger partial charge in [-0.1, -0.05) is 23.7 Å². The molecule has 1 aromatic carbocycles. The zero-order valence-electron chi connectivity index (χ0n) is 21.6. The van der Waals surface area contributed by atoms with E-state index < -0.39 is 23.6 Å². The van der Waals surface area contributed by atoms with Crippen LogP contribution in [0.3, 0.4) is 0 Å². The van der Waals surface area contributed by atoms with E-state index in [0.717, 1.165) is 0 Å². The number of carbonyl (C=O) groups excluding carboxylic acids is 3. The largest absolute Gasteiger partial charge is 0.444 e. The van der Waals surface area contributed by atoms with Gasteiger partial charge < -0.3 is 24.8 Å². The minimum Gasteiger partial charge on any atom is -0.444 e. The summed E-state index contributed by atoms with van der Waals surface area (Å²) in [5.74, 6) is -1.14. The van der Waals surface area contributed by atoms with Crippen molar-refractivity contribution in [1.29, 1.82) is 0 Å². The number of hydrogen-bond donors (Lipinski definition) is 2. The Bertz CT molecular complexity index is 1320. The first-order valence-corrected chi connectivity index (χ1v) is 12.8. The van der Waals surface area contributed by atoms with Crippen molar-refractivity contribution in [3.8, 4) is 0 Å². The Morgan fingerprint density at radius 2 is 1.79 bits per heavy atom. The number of ether oxygens (including phenoxy) is 1. The number of pyridine rings is 1. The summed E-state index contributed by atoms with van der Waals surface area (Å²) in [7, 11) is 0. The molecular formula is C27H31ClFN5O4. The molecule has 9 nitrogen and oxygen atoms in total. The number of nitrogens with one attached hydrogen (secondary N) is 2. The van der Waals surface area contributed by atoms with Crippen molar-refractivity contribution in [2.24, 2.45) is 0 Å². The third-order valence-electron chi connectivity index (χ3n) is 6.13. The van der Waals surface area contributed by atoms with Crippen molar-refractivity contribution in [2.45, 2.75) is 45.3 Å². The molecule has 0 radical (unpaired) electrons. The van der Waals surface area contributed by atoms with Crippen molar-refractivity contribution in [3.05, 3.63) is 64.8 Å². The second kappa shape index (κ2) is 11.4. The molecule has 38 heavy (non-hydrogen) atoms. The summed E-state index contributed by atoms with van der Waals surface area (Å²) in [4.78, 5) is 49.7. The Morgan fingerprint density at radius 3 is 2.50 bits per heavy atom. The van der Waals surface area contributed by atoms with E-state index in [2.05, 4.69) is 15.3 Å². The third-order valence-corrected chi connectivity index (χ3v) is 6.34. The van der Waals surface area contributed by atoms with Crippen molar-refractivity contribution in [2.75, 3.05) is 26.2 Å². The molecule has 0 spiro atoms. The molecule has 0 bridgehead atoms. The molecule has 1 aliphatic rings. The fourth-order valence-electron chi connectivity index (χ4n) is 4.29. The van der Waals surface area contributed by atoms with Gasteiger partial charge in [-0.2, -0.15) is 0 Å². The van der Waals surface area contributed by atoms with Crippen LogP contribution in [-0.4, -0.2) is 75.5 Å². The summed E-state index contributed by atoms with van der Waals surface area (Å²) in [6, 6.07) is 8.18. The van der Waals surface area contributed by atoms with Gasteiger partial charge in [0.15, 0.2) is 0 Å². The number of hydrogen-bond acceptors (Lipinski definition) is 5. The van der Waals surface area contributed by atoms with Crippen LogP contribution in [0.5, 0.6) is 0 Å². The minimum absolute atomic E-state index is 0.171. The topological polar surface area (TPSA) is 108 Å². The Kier molecular flexibility index (Phi) is 8.20. The lowest BCUT2D eigenvalue weighted by molar-refractivity contribution is -0.133. The predicted octanol–water partition coefficient (Wildman–Crippen LogP) is 4.17. The number of aromatic nitrogens is 2. The number of rotatable bonds is 5. The summed E-state index contributed by atoms with van der Waals surface area (Å²) in [5, 5.41) is 3.86. The molecule has 3 heterocycles. The van der Waals surface area contributed by atoms with Crippen LogP contribution in [0, 0.1) is 5.82 Å². The van der Waals surface area contributed by atoms with Crippen LogP contribution >= 0.6 is 11.6 Å². The number of amides is 3. The lowest BCUT2D eigenvalue weighted by atomic mass is 10.0. The third kappa shape index (κ3) is 7.00. The first-order chi connectivity index (χ1) is 18.0. The van der Waals surface area contributed by atoms with E-state index in [1.54, 1.807) is 54.8 Å². The van der Waals surface area contributed by atoms with Crippen LogP contribution < -0.4 is 5.32 Å². The highest BCUT2D eigenvalue weighted by Gasteiger charge is 2.30. The van der Waals surface area contributed by atoms with E-state index in [0.29, 0.717) is 54.2 Å². The van der Waals surface area contributed by atoms with Gasteiger partial charge in [-0.25, -0.2) is 14.2 Å². The second-order valence-corrected chi connectivity index (χ2v) is 10.7.